The first kappa shape index (κ1) is 22.5. The summed E-state index contributed by atoms with van der Waals surface area (Å²) in [5.41, 5.74) is 7.27. The summed E-state index contributed by atoms with van der Waals surface area (Å²) < 4.78 is 0. The minimum Gasteiger partial charge on any atom is -0.351 e. The standard InChI is InChI=1S/C15H25N3O.2ClH/c1-4-18(12(2)3)11-13-5-7-14(8-6-13)15(19)17-10-9-16;;/h5-8,12H,4,9-11,16H2,1-3H3,(H,17,19);2*1H. The van der Waals surface area contributed by atoms with Crippen molar-refractivity contribution < 1.29 is 4.79 Å². The van der Waals surface area contributed by atoms with Gasteiger partial charge >= 0.3 is 0 Å². The van der Waals surface area contributed by atoms with Crippen molar-refractivity contribution in [2.24, 2.45) is 5.73 Å². The van der Waals surface area contributed by atoms with Gasteiger partial charge in [0.15, 0.2) is 0 Å². The first-order valence-electron chi connectivity index (χ1n) is 6.89. The lowest BCUT2D eigenvalue weighted by Crippen LogP contribution is -2.30. The lowest BCUT2D eigenvalue weighted by Gasteiger charge is -2.24. The molecule has 122 valence electrons. The van der Waals surface area contributed by atoms with E-state index < -0.39 is 0 Å². The van der Waals surface area contributed by atoms with Crippen LogP contribution in [0.25, 0.3) is 0 Å². The average Bonchev–Trinajstić information content (AvgIpc) is 2.42. The van der Waals surface area contributed by atoms with Crippen LogP contribution >= 0.6 is 24.8 Å². The van der Waals surface area contributed by atoms with Gasteiger partial charge in [-0.3, -0.25) is 9.69 Å². The van der Waals surface area contributed by atoms with Gasteiger partial charge in [0.2, 0.25) is 0 Å². The van der Waals surface area contributed by atoms with Gasteiger partial charge in [0.25, 0.3) is 5.91 Å². The van der Waals surface area contributed by atoms with E-state index in [0.29, 0.717) is 24.7 Å². The Morgan fingerprint density at radius 3 is 2.24 bits per heavy atom. The molecule has 0 aromatic heterocycles. The Kier molecular flexibility index (Phi) is 12.6. The maximum atomic E-state index is 11.7. The highest BCUT2D eigenvalue weighted by atomic mass is 35.5. The molecule has 1 amide bonds. The van der Waals surface area contributed by atoms with Crippen molar-refractivity contribution in [3.8, 4) is 0 Å². The van der Waals surface area contributed by atoms with Gasteiger partial charge in [0, 0.05) is 31.2 Å². The van der Waals surface area contributed by atoms with Crippen molar-refractivity contribution in [2.75, 3.05) is 19.6 Å². The van der Waals surface area contributed by atoms with Gasteiger partial charge in [-0.2, -0.15) is 0 Å². The van der Waals surface area contributed by atoms with Crippen molar-refractivity contribution >= 4 is 30.7 Å². The summed E-state index contributed by atoms with van der Waals surface area (Å²) in [6, 6.07) is 8.30. The minimum absolute atomic E-state index is 0. The van der Waals surface area contributed by atoms with Crippen LogP contribution in [0.3, 0.4) is 0 Å². The molecule has 0 unspecified atom stereocenters. The predicted octanol–water partition coefficient (Wildman–Crippen LogP) is 2.45. The molecule has 0 atom stereocenters. The highest BCUT2D eigenvalue weighted by Gasteiger charge is 2.09. The highest BCUT2D eigenvalue weighted by Crippen LogP contribution is 2.09. The lowest BCUT2D eigenvalue weighted by molar-refractivity contribution is 0.0954. The molecule has 0 saturated heterocycles. The van der Waals surface area contributed by atoms with E-state index in [1.807, 2.05) is 24.3 Å². The molecule has 6 heteroatoms. The molecule has 0 fully saturated rings. The second-order valence-electron chi connectivity index (χ2n) is 4.90. The topological polar surface area (TPSA) is 58.4 Å². The fourth-order valence-corrected chi connectivity index (χ4v) is 1.94. The number of benzene rings is 1. The highest BCUT2D eigenvalue weighted by molar-refractivity contribution is 5.94. The summed E-state index contributed by atoms with van der Waals surface area (Å²) >= 11 is 0. The summed E-state index contributed by atoms with van der Waals surface area (Å²) in [5.74, 6) is -0.0618. The Morgan fingerprint density at radius 1 is 1.24 bits per heavy atom. The van der Waals surface area contributed by atoms with Gasteiger partial charge in [-0.15, -0.1) is 24.8 Å². The van der Waals surface area contributed by atoms with Gasteiger partial charge in [0.1, 0.15) is 0 Å². The summed E-state index contributed by atoms with van der Waals surface area (Å²) in [5, 5.41) is 2.76. The third-order valence-electron chi connectivity index (χ3n) is 3.17. The van der Waals surface area contributed by atoms with E-state index in [-0.39, 0.29) is 30.7 Å². The summed E-state index contributed by atoms with van der Waals surface area (Å²) in [6.07, 6.45) is 0. The number of carbonyl (C=O) groups is 1. The Hall–Kier alpha value is -0.810. The number of hydrogen-bond donors (Lipinski definition) is 2. The van der Waals surface area contributed by atoms with E-state index in [1.54, 1.807) is 0 Å². The van der Waals surface area contributed by atoms with E-state index in [1.165, 1.54) is 5.56 Å². The van der Waals surface area contributed by atoms with Crippen LogP contribution in [-0.2, 0) is 6.54 Å². The third-order valence-corrected chi connectivity index (χ3v) is 3.17. The SMILES string of the molecule is CCN(Cc1ccc(C(=O)NCCN)cc1)C(C)C.Cl.Cl. The van der Waals surface area contributed by atoms with Crippen molar-refractivity contribution in [1.29, 1.82) is 0 Å². The van der Waals surface area contributed by atoms with E-state index in [2.05, 4.69) is 31.0 Å². The zero-order valence-electron chi connectivity index (χ0n) is 13.0. The molecule has 0 aliphatic rings. The molecule has 0 aliphatic carbocycles. The van der Waals surface area contributed by atoms with Crippen molar-refractivity contribution in [1.82, 2.24) is 10.2 Å². The van der Waals surface area contributed by atoms with E-state index in [0.717, 1.165) is 13.1 Å². The summed E-state index contributed by atoms with van der Waals surface area (Å²) in [4.78, 5) is 14.1. The Labute approximate surface area is 140 Å². The Bertz CT molecular complexity index is 396. The van der Waals surface area contributed by atoms with Crippen molar-refractivity contribution in [3.63, 3.8) is 0 Å². The third kappa shape index (κ3) is 7.67. The number of halogens is 2. The second kappa shape index (κ2) is 11.8. The molecule has 0 radical (unpaired) electrons. The largest absolute Gasteiger partial charge is 0.351 e. The first-order chi connectivity index (χ1) is 9.08. The van der Waals surface area contributed by atoms with Crippen LogP contribution < -0.4 is 11.1 Å². The molecule has 3 N–H and O–H groups in total. The van der Waals surface area contributed by atoms with Gasteiger partial charge in [0.05, 0.1) is 0 Å². The normalized spacial score (nSPS) is 10.0. The zero-order chi connectivity index (χ0) is 14.3. The van der Waals surface area contributed by atoms with Gasteiger partial charge in [-0.1, -0.05) is 19.1 Å². The number of nitrogens with zero attached hydrogens (tertiary/aromatic N) is 1. The molecule has 21 heavy (non-hydrogen) atoms. The van der Waals surface area contributed by atoms with Crippen LogP contribution in [0.4, 0.5) is 0 Å². The quantitative estimate of drug-likeness (QED) is 0.804. The van der Waals surface area contributed by atoms with Crippen molar-refractivity contribution in [3.05, 3.63) is 35.4 Å². The molecular weight excluding hydrogens is 309 g/mol. The zero-order valence-corrected chi connectivity index (χ0v) is 14.6. The van der Waals surface area contributed by atoms with Gasteiger partial charge in [-0.25, -0.2) is 0 Å². The number of hydrogen-bond acceptors (Lipinski definition) is 3. The molecule has 1 aromatic carbocycles. The van der Waals surface area contributed by atoms with Crippen LogP contribution in [0, 0.1) is 0 Å². The van der Waals surface area contributed by atoms with Crippen LogP contribution in [-0.4, -0.2) is 36.5 Å². The summed E-state index contributed by atoms with van der Waals surface area (Å²) in [7, 11) is 0. The van der Waals surface area contributed by atoms with E-state index in [9.17, 15) is 4.79 Å². The maximum Gasteiger partial charge on any atom is 0.251 e. The molecule has 0 saturated carbocycles. The molecule has 0 spiro atoms. The molecule has 0 bridgehead atoms. The fraction of sp³-hybridized carbons (Fsp3) is 0.533. The lowest BCUT2D eigenvalue weighted by atomic mass is 10.1. The number of nitrogens with two attached hydrogens (primary N) is 1. The molecule has 0 heterocycles. The Balaban J connectivity index is 0. The average molecular weight is 336 g/mol. The maximum absolute atomic E-state index is 11.7. The van der Waals surface area contributed by atoms with Gasteiger partial charge < -0.3 is 11.1 Å². The van der Waals surface area contributed by atoms with Crippen LogP contribution in [0.1, 0.15) is 36.7 Å². The van der Waals surface area contributed by atoms with E-state index in [4.69, 9.17) is 5.73 Å². The van der Waals surface area contributed by atoms with Crippen molar-refractivity contribution in [2.45, 2.75) is 33.4 Å². The number of carbonyl (C=O) groups excluding carboxylic acids is 1. The Morgan fingerprint density at radius 2 is 1.81 bits per heavy atom. The number of amides is 1. The number of nitrogens with one attached hydrogen (secondary N) is 1. The monoisotopic (exact) mass is 335 g/mol. The van der Waals surface area contributed by atoms with Crippen LogP contribution in [0.5, 0.6) is 0 Å². The van der Waals surface area contributed by atoms with E-state index >= 15 is 0 Å². The second-order valence-corrected chi connectivity index (χ2v) is 4.90. The van der Waals surface area contributed by atoms with Gasteiger partial charge in [-0.05, 0) is 38.1 Å². The minimum atomic E-state index is -0.0618. The van der Waals surface area contributed by atoms with Crippen LogP contribution in [0.2, 0.25) is 0 Å². The molecule has 0 aliphatic heterocycles. The fourth-order valence-electron chi connectivity index (χ4n) is 1.94. The molecular formula is C15H27Cl2N3O. The molecule has 1 rings (SSSR count). The smallest absolute Gasteiger partial charge is 0.251 e. The molecule has 4 nitrogen and oxygen atoms in total. The van der Waals surface area contributed by atoms with Crippen LogP contribution in [0.15, 0.2) is 24.3 Å². The first-order valence-corrected chi connectivity index (χ1v) is 6.89. The predicted molar refractivity (Wildman–Crippen MR) is 93.5 cm³/mol. The molecule has 1 aromatic rings. The number of rotatable bonds is 7. The summed E-state index contributed by atoms with van der Waals surface area (Å²) in [6.45, 7) is 9.46.